The fourth-order valence-corrected chi connectivity index (χ4v) is 8.33. The summed E-state index contributed by atoms with van der Waals surface area (Å²) in [5.41, 5.74) is 66.8. The number of benzene rings is 3. The minimum absolute atomic E-state index is 0.0208. The van der Waals surface area contributed by atoms with Gasteiger partial charge < -0.3 is 161 Å². The molecule has 0 unspecified atom stereocenters. The van der Waals surface area contributed by atoms with E-state index in [9.17, 15) is 57.5 Å². The number of aliphatic carboxylic acids is 12. The number of carboxylic acid groups (broad SMARTS) is 12. The fraction of sp³-hybridized carbons (Fsp3) is 0.533. The van der Waals surface area contributed by atoms with E-state index in [1.807, 2.05) is 94.7 Å². The maximum atomic E-state index is 10.6. The minimum atomic E-state index is -1.18. The molecule has 3 aromatic carbocycles. The van der Waals surface area contributed by atoms with Gasteiger partial charge in [-0.15, -0.1) is 0 Å². The first-order chi connectivity index (χ1) is 55.3. The van der Waals surface area contributed by atoms with Gasteiger partial charge in [-0.3, -0.25) is 57.5 Å². The predicted octanol–water partition coefficient (Wildman–Crippen LogP) is -0.911. The van der Waals surface area contributed by atoms with Crippen LogP contribution in [0.2, 0.25) is 0 Å². The largest absolute Gasteiger partial charge is 0.508 e. The van der Waals surface area contributed by atoms with Crippen molar-refractivity contribution in [1.29, 1.82) is 0 Å². The van der Waals surface area contributed by atoms with Crippen LogP contribution in [0.4, 0.5) is 0 Å². The van der Waals surface area contributed by atoms with Crippen molar-refractivity contribution in [3.05, 3.63) is 120 Å². The van der Waals surface area contributed by atoms with Crippen LogP contribution in [-0.2, 0) is 83.2 Å². The Bertz CT molecular complexity index is 3560. The Morgan fingerprint density at radius 1 is 0.496 bits per heavy atom. The second-order valence-corrected chi connectivity index (χ2v) is 27.8. The summed E-state index contributed by atoms with van der Waals surface area (Å²) in [5, 5.41) is 129. The van der Waals surface area contributed by atoms with Crippen molar-refractivity contribution >= 4 is 94.3 Å². The molecule has 14 atom stereocenters. The first kappa shape index (κ1) is 119. The number of aromatic hydroxyl groups is 1. The van der Waals surface area contributed by atoms with Gasteiger partial charge in [0.1, 0.15) is 78.3 Å². The standard InChI is InChI=1S/C11H12N2O2.C9H11NO3.C9H11NO2.C6H9N3O2.C6H14N2O2.2C6H13NO2.C5H11NO2S.C5H9NO2.C5H11NO2.C4H9NO3.C3H7NO3/c12-9(11(14)15)5-7-6-13-10-4-2-1-3-8(7)10;10-8(9(12)13)5-6-1-3-7(11)4-2-6;10-8(9(11)12)6-7-4-2-1-3-5-7;7-5(6(10)11)1-4-2-8-3-9-4;7-4-2-1-3-5(8)6(9)10;1-4(2)3-5(7)6(8)9;1-3-4(2)5(7)6(8)9;1-9-3-2-4(6)5(7)8;7-5(8)4-2-1-3-6-4;1-3(2)4(6)5(7)8;1-2(6)3(5)4(7)8;4-2(1-5)3(6)7/h1-4,6,9,13H,5,12H2,(H,14,15);1-4,8,11H,5,10H2,(H,12,13);1-5,8H,6,10H2,(H,11,12);2-3,5H,1,7H2,(H,8,9)(H,10,11);5H,1-4,7-8H2,(H,9,10);2*4-5H,3,7H2,1-2H3,(H,8,9);4H,2-3,6H2,1H3,(H,7,8);4,6H,1-3H2,(H,7,8);3-4H,6H2,1-2H3,(H,7,8);2-3,6H,5H2,1H3,(H,7,8);2,5H,1,4H2,(H,6,7)/t9-;2*8-;3*5-;4-,5-;3*4-;2-,3+;2-/m000000000010/s1. The zero-order valence-electron chi connectivity index (χ0n) is 68.2. The first-order valence-electron chi connectivity index (χ1n) is 36.9. The average Bonchev–Trinajstić information content (AvgIpc) is 1.69. The Balaban J connectivity index is -0.000000295. The smallest absolute Gasteiger partial charge is 0.323 e. The number of imidazole rings is 1. The topological polar surface area (TPSA) is 877 Å². The number of thioether (sulfide) groups is 1. The Morgan fingerprint density at radius 2 is 0.924 bits per heavy atom. The molecule has 0 aliphatic carbocycles. The Kier molecular flexibility index (Phi) is 70.9. The van der Waals surface area contributed by atoms with Crippen LogP contribution >= 0.6 is 11.8 Å². The number of carbonyl (C=O) groups is 12. The van der Waals surface area contributed by atoms with Crippen molar-refractivity contribution in [3.63, 3.8) is 0 Å². The quantitative estimate of drug-likeness (QED) is 0.0222. The number of para-hydroxylation sites is 1. The number of fused-ring (bicyclic) bond motifs is 1. The SMILES string of the molecule is CC(C)C[C@H](N)C(=O)O.CC(C)[C@H](N)C(=O)O.CC[C@H](C)[C@H](N)C(=O)O.CSCC[C@H](N)C(=O)O.C[C@@H](O)[C@H](N)C(=O)O.NCCCC[C@H](N)C(=O)O.N[C@@H](CO)C(=O)O.N[C@@H](Cc1c[nH]c2ccccc12)C(=O)O.N[C@@H](Cc1ccc(O)cc1)C(=O)O.N[C@@H](Cc1ccccc1)C(=O)O.N[C@@H](Cc1cnc[nH]1)C(=O)O.O=C(O)[C@@H]1CCCN1. The molecule has 43 nitrogen and oxygen atoms in total. The van der Waals surface area contributed by atoms with Gasteiger partial charge >= 0.3 is 71.6 Å². The zero-order valence-corrected chi connectivity index (χ0v) is 69.0. The van der Waals surface area contributed by atoms with Crippen molar-refractivity contribution in [3.8, 4) is 5.75 Å². The summed E-state index contributed by atoms with van der Waals surface area (Å²) in [7, 11) is 0. The molecule has 1 saturated heterocycles. The molecular formula is C75H130N16O27S. The summed E-state index contributed by atoms with van der Waals surface area (Å²) in [5.74, 6) is -10.2. The van der Waals surface area contributed by atoms with Crippen LogP contribution in [0.25, 0.3) is 10.9 Å². The third kappa shape index (κ3) is 66.2. The van der Waals surface area contributed by atoms with Crippen molar-refractivity contribution < 1.29 is 134 Å². The Morgan fingerprint density at radius 3 is 1.24 bits per heavy atom. The molecule has 5 aromatic rings. The average molecular weight is 1720 g/mol. The van der Waals surface area contributed by atoms with Crippen LogP contribution in [0.1, 0.15) is 122 Å². The van der Waals surface area contributed by atoms with Gasteiger partial charge in [-0.2, -0.15) is 11.8 Å². The van der Waals surface area contributed by atoms with Gasteiger partial charge in [0.25, 0.3) is 0 Å². The third-order valence-corrected chi connectivity index (χ3v) is 16.2. The number of aromatic nitrogens is 3. The lowest BCUT2D eigenvalue weighted by molar-refractivity contribution is -0.141. The highest BCUT2D eigenvalue weighted by atomic mass is 32.2. The summed E-state index contributed by atoms with van der Waals surface area (Å²) in [6, 6.07) is 14.0. The molecule has 678 valence electrons. The van der Waals surface area contributed by atoms with Gasteiger partial charge in [-0.1, -0.05) is 115 Å². The molecule has 3 heterocycles. The number of hydrogen-bond donors (Lipinski definition) is 30. The van der Waals surface area contributed by atoms with Gasteiger partial charge in [-0.25, -0.2) is 4.98 Å². The van der Waals surface area contributed by atoms with Gasteiger partial charge in [0.15, 0.2) is 0 Å². The highest BCUT2D eigenvalue weighted by molar-refractivity contribution is 7.98. The number of rotatable bonds is 34. The molecule has 2 aromatic heterocycles. The number of H-pyrrole nitrogens is 2. The van der Waals surface area contributed by atoms with Crippen LogP contribution in [0.5, 0.6) is 5.75 Å². The second-order valence-electron chi connectivity index (χ2n) is 26.8. The molecule has 0 amide bonds. The Hall–Kier alpha value is -10.4. The van der Waals surface area contributed by atoms with Crippen LogP contribution < -0.4 is 74.1 Å². The Labute approximate surface area is 694 Å². The molecule has 1 fully saturated rings. The molecule has 42 N–H and O–H groups in total. The predicted molar refractivity (Wildman–Crippen MR) is 445 cm³/mol. The molecule has 0 saturated carbocycles. The fourth-order valence-electron chi connectivity index (χ4n) is 7.85. The number of phenols is 1. The van der Waals surface area contributed by atoms with Gasteiger partial charge in [-0.05, 0) is 136 Å². The van der Waals surface area contributed by atoms with Crippen LogP contribution in [0.15, 0.2) is 97.6 Å². The van der Waals surface area contributed by atoms with Crippen LogP contribution in [-0.4, -0.2) is 273 Å². The molecule has 1 aliphatic heterocycles. The van der Waals surface area contributed by atoms with E-state index in [1.165, 1.54) is 25.4 Å². The number of aromatic amines is 2. The molecular weight excluding hydrogens is 1590 g/mol. The number of nitrogens with one attached hydrogen (secondary N) is 3. The van der Waals surface area contributed by atoms with E-state index in [1.54, 1.807) is 43.9 Å². The van der Waals surface area contributed by atoms with Crippen LogP contribution in [0.3, 0.4) is 0 Å². The monoisotopic (exact) mass is 1720 g/mol. The van der Waals surface area contributed by atoms with E-state index in [4.69, 9.17) is 145 Å². The number of nitrogens with two attached hydrogens (primary N) is 12. The molecule has 0 radical (unpaired) electrons. The number of carboxylic acids is 12. The molecule has 0 bridgehead atoms. The normalized spacial score (nSPS) is 14.6. The van der Waals surface area contributed by atoms with Gasteiger partial charge in [0.05, 0.1) is 19.0 Å². The number of aliphatic hydroxyl groups is 2. The molecule has 119 heavy (non-hydrogen) atoms. The van der Waals surface area contributed by atoms with Crippen molar-refractivity contribution in [1.82, 2.24) is 20.3 Å². The third-order valence-electron chi connectivity index (χ3n) is 15.6. The zero-order chi connectivity index (χ0) is 93.4. The molecule has 6 rings (SSSR count). The van der Waals surface area contributed by atoms with Crippen molar-refractivity contribution in [2.75, 3.05) is 31.7 Å². The lowest BCUT2D eigenvalue weighted by Crippen LogP contribution is -2.39. The van der Waals surface area contributed by atoms with E-state index in [0.717, 1.165) is 77.7 Å². The summed E-state index contributed by atoms with van der Waals surface area (Å²) in [6.45, 7) is 13.5. The van der Waals surface area contributed by atoms with E-state index >= 15 is 0 Å². The molecule has 0 spiro atoms. The lowest BCUT2D eigenvalue weighted by atomic mass is 10.0. The number of nitrogens with zero attached hydrogens (tertiary/aromatic N) is 1. The van der Waals surface area contributed by atoms with Gasteiger partial charge in [0.2, 0.25) is 0 Å². The number of unbranched alkanes of at least 4 members (excludes halogenated alkanes) is 1. The van der Waals surface area contributed by atoms with E-state index in [0.29, 0.717) is 44.6 Å². The number of phenolic OH excluding ortho intramolecular Hbond substituents is 1. The maximum Gasteiger partial charge on any atom is 0.323 e. The first-order valence-corrected chi connectivity index (χ1v) is 38.3. The lowest BCUT2D eigenvalue weighted by Gasteiger charge is -2.11. The van der Waals surface area contributed by atoms with Crippen molar-refractivity contribution in [2.24, 2.45) is 86.6 Å². The van der Waals surface area contributed by atoms with Gasteiger partial charge in [0, 0.05) is 41.8 Å². The van der Waals surface area contributed by atoms with Crippen molar-refractivity contribution in [2.45, 2.75) is 204 Å². The maximum absolute atomic E-state index is 10.6. The highest BCUT2D eigenvalue weighted by Crippen LogP contribution is 2.19. The molecule has 44 heteroatoms. The summed E-state index contributed by atoms with van der Waals surface area (Å²) in [6.07, 6.45) is 13.0. The number of hydrogen-bond acceptors (Lipinski definition) is 30. The minimum Gasteiger partial charge on any atom is -0.508 e. The van der Waals surface area contributed by atoms with E-state index < -0.39 is 151 Å². The highest BCUT2D eigenvalue weighted by Gasteiger charge is 2.22. The number of aliphatic hydroxyl groups excluding tert-OH is 2. The molecule has 1 aliphatic rings. The van der Waals surface area contributed by atoms with E-state index in [-0.39, 0.29) is 36.5 Å². The summed E-state index contributed by atoms with van der Waals surface area (Å²) >= 11 is 1.60. The van der Waals surface area contributed by atoms with E-state index in [2.05, 4.69) is 20.3 Å². The summed E-state index contributed by atoms with van der Waals surface area (Å²) in [4.78, 5) is 131. The second kappa shape index (κ2) is 70.6. The summed E-state index contributed by atoms with van der Waals surface area (Å²) < 4.78 is 0. The van der Waals surface area contributed by atoms with Crippen LogP contribution in [0, 0.1) is 17.8 Å².